The van der Waals surface area contributed by atoms with Crippen LogP contribution >= 0.6 is 15.9 Å². The summed E-state index contributed by atoms with van der Waals surface area (Å²) >= 11 is 3.48. The number of benzene rings is 1. The topological polar surface area (TPSA) is 37.4 Å². The summed E-state index contributed by atoms with van der Waals surface area (Å²) in [6.45, 7) is 3.95. The zero-order valence-electron chi connectivity index (χ0n) is 10.6. The van der Waals surface area contributed by atoms with E-state index in [1.165, 1.54) is 0 Å². The molecule has 0 heterocycles. The predicted octanol–water partition coefficient (Wildman–Crippen LogP) is 3.15. The molecular formula is C13H18BrNO2S. The maximum absolute atomic E-state index is 12.3. The zero-order valence-corrected chi connectivity index (χ0v) is 13.0. The molecule has 1 aliphatic carbocycles. The first-order valence-electron chi connectivity index (χ1n) is 6.17. The van der Waals surface area contributed by atoms with Crippen molar-refractivity contribution in [3.05, 3.63) is 34.3 Å². The highest BCUT2D eigenvalue weighted by atomic mass is 79.9. The monoisotopic (exact) mass is 331 g/mol. The molecule has 0 atom stereocenters. The molecule has 100 valence electrons. The Morgan fingerprint density at radius 3 is 2.44 bits per heavy atom. The van der Waals surface area contributed by atoms with E-state index in [0.29, 0.717) is 6.54 Å². The van der Waals surface area contributed by atoms with Gasteiger partial charge in [0, 0.05) is 17.1 Å². The van der Waals surface area contributed by atoms with Gasteiger partial charge in [-0.15, -0.1) is 0 Å². The Morgan fingerprint density at radius 1 is 1.33 bits per heavy atom. The van der Waals surface area contributed by atoms with Crippen LogP contribution in [0.4, 0.5) is 0 Å². The predicted molar refractivity (Wildman–Crippen MR) is 76.8 cm³/mol. The second-order valence-corrected chi connectivity index (χ2v) is 8.26. The molecule has 0 amide bonds. The minimum Gasteiger partial charge on any atom is -0.212 e. The normalized spacial score (nSPS) is 16.5. The van der Waals surface area contributed by atoms with E-state index in [9.17, 15) is 8.42 Å². The van der Waals surface area contributed by atoms with Gasteiger partial charge in [-0.05, 0) is 38.3 Å². The van der Waals surface area contributed by atoms with Crippen LogP contribution in [0.2, 0.25) is 0 Å². The van der Waals surface area contributed by atoms with Crippen molar-refractivity contribution in [3.63, 3.8) is 0 Å². The summed E-state index contributed by atoms with van der Waals surface area (Å²) in [6, 6.07) is 7.99. The minimum atomic E-state index is -3.18. The van der Waals surface area contributed by atoms with E-state index < -0.39 is 10.0 Å². The van der Waals surface area contributed by atoms with Gasteiger partial charge in [-0.3, -0.25) is 0 Å². The average molecular weight is 332 g/mol. The molecule has 0 spiro atoms. The van der Waals surface area contributed by atoms with Crippen LogP contribution in [0.1, 0.15) is 32.3 Å². The number of sulfonamides is 1. The summed E-state index contributed by atoms with van der Waals surface area (Å²) in [7, 11) is -3.18. The molecule has 2 rings (SSSR count). The van der Waals surface area contributed by atoms with Gasteiger partial charge in [-0.2, -0.15) is 4.31 Å². The summed E-state index contributed by atoms with van der Waals surface area (Å²) in [5.74, 6) is 0. The summed E-state index contributed by atoms with van der Waals surface area (Å²) in [5, 5.41) is -0.361. The maximum atomic E-state index is 12.3. The third-order valence-corrected chi connectivity index (χ3v) is 6.21. The van der Waals surface area contributed by atoms with Gasteiger partial charge in [0.2, 0.25) is 10.0 Å². The number of hydrogen-bond acceptors (Lipinski definition) is 2. The standard InChI is InChI=1S/C13H18BrNO2S/c1-10(2)18(16,17)15(12-7-8-12)9-11-5-3-4-6-13(11)14/h3-6,10,12H,7-9H2,1-2H3. The largest absolute Gasteiger partial charge is 0.216 e. The molecule has 0 bridgehead atoms. The molecule has 1 aromatic rings. The van der Waals surface area contributed by atoms with E-state index in [2.05, 4.69) is 15.9 Å². The van der Waals surface area contributed by atoms with Crippen molar-refractivity contribution in [2.75, 3.05) is 0 Å². The zero-order chi connectivity index (χ0) is 13.3. The number of rotatable bonds is 5. The lowest BCUT2D eigenvalue weighted by Gasteiger charge is -2.24. The van der Waals surface area contributed by atoms with E-state index in [1.807, 2.05) is 24.3 Å². The van der Waals surface area contributed by atoms with Crippen LogP contribution in [-0.4, -0.2) is 24.0 Å². The molecule has 0 aromatic heterocycles. The van der Waals surface area contributed by atoms with Gasteiger partial charge in [0.15, 0.2) is 0 Å². The van der Waals surface area contributed by atoms with Gasteiger partial charge in [-0.25, -0.2) is 8.42 Å². The lowest BCUT2D eigenvalue weighted by atomic mass is 10.2. The molecule has 18 heavy (non-hydrogen) atoms. The minimum absolute atomic E-state index is 0.199. The van der Waals surface area contributed by atoms with E-state index in [4.69, 9.17) is 0 Å². The SMILES string of the molecule is CC(C)S(=O)(=O)N(Cc1ccccc1Br)C1CC1. The van der Waals surface area contributed by atoms with Gasteiger partial charge >= 0.3 is 0 Å². The fourth-order valence-corrected chi connectivity index (χ4v) is 3.75. The van der Waals surface area contributed by atoms with Crippen LogP contribution in [0.25, 0.3) is 0 Å². The molecule has 0 N–H and O–H groups in total. The van der Waals surface area contributed by atoms with Crippen molar-refractivity contribution < 1.29 is 8.42 Å². The van der Waals surface area contributed by atoms with Crippen molar-refractivity contribution in [2.24, 2.45) is 0 Å². The summed E-state index contributed by atoms with van der Waals surface area (Å²) in [5.41, 5.74) is 1.02. The molecule has 0 radical (unpaired) electrons. The molecule has 0 saturated heterocycles. The molecule has 3 nitrogen and oxygen atoms in total. The molecule has 1 saturated carbocycles. The summed E-state index contributed by atoms with van der Waals surface area (Å²) in [6.07, 6.45) is 1.97. The van der Waals surface area contributed by atoms with Gasteiger partial charge in [0.25, 0.3) is 0 Å². The van der Waals surface area contributed by atoms with Crippen LogP contribution < -0.4 is 0 Å². The molecule has 0 unspecified atom stereocenters. The van der Waals surface area contributed by atoms with Crippen LogP contribution in [0.3, 0.4) is 0 Å². The Labute approximate surface area is 117 Å². The second kappa shape index (κ2) is 5.31. The highest BCUT2D eigenvalue weighted by molar-refractivity contribution is 9.10. The van der Waals surface area contributed by atoms with Crippen molar-refractivity contribution in [3.8, 4) is 0 Å². The Balaban J connectivity index is 2.26. The Bertz CT molecular complexity index is 524. The highest BCUT2D eigenvalue weighted by Crippen LogP contribution is 2.33. The fraction of sp³-hybridized carbons (Fsp3) is 0.538. The molecular weight excluding hydrogens is 314 g/mol. The van der Waals surface area contributed by atoms with Crippen LogP contribution in [0.15, 0.2) is 28.7 Å². The third-order valence-electron chi connectivity index (χ3n) is 3.16. The summed E-state index contributed by atoms with van der Waals surface area (Å²) < 4.78 is 27.3. The first kappa shape index (κ1) is 14.0. The third kappa shape index (κ3) is 2.95. The van der Waals surface area contributed by atoms with Crippen LogP contribution in [0.5, 0.6) is 0 Å². The fourth-order valence-electron chi connectivity index (χ4n) is 1.85. The first-order valence-corrected chi connectivity index (χ1v) is 8.46. The maximum Gasteiger partial charge on any atom is 0.216 e. The number of hydrogen-bond donors (Lipinski definition) is 0. The van der Waals surface area contributed by atoms with Gasteiger partial charge in [0.1, 0.15) is 0 Å². The Hall–Kier alpha value is -0.390. The van der Waals surface area contributed by atoms with E-state index >= 15 is 0 Å². The molecule has 1 fully saturated rings. The number of nitrogens with zero attached hydrogens (tertiary/aromatic N) is 1. The van der Waals surface area contributed by atoms with Crippen LogP contribution in [0, 0.1) is 0 Å². The van der Waals surface area contributed by atoms with E-state index in [-0.39, 0.29) is 11.3 Å². The smallest absolute Gasteiger partial charge is 0.212 e. The van der Waals surface area contributed by atoms with Crippen molar-refractivity contribution in [1.29, 1.82) is 0 Å². The van der Waals surface area contributed by atoms with Crippen LogP contribution in [-0.2, 0) is 16.6 Å². The first-order chi connectivity index (χ1) is 8.43. The van der Waals surface area contributed by atoms with Crippen molar-refractivity contribution in [2.45, 2.75) is 44.5 Å². The molecule has 5 heteroatoms. The van der Waals surface area contributed by atoms with E-state index in [0.717, 1.165) is 22.9 Å². The Morgan fingerprint density at radius 2 is 1.94 bits per heavy atom. The lowest BCUT2D eigenvalue weighted by molar-refractivity contribution is 0.393. The lowest BCUT2D eigenvalue weighted by Crippen LogP contribution is -2.37. The molecule has 1 aliphatic rings. The quantitative estimate of drug-likeness (QED) is 0.831. The van der Waals surface area contributed by atoms with Crippen molar-refractivity contribution >= 4 is 26.0 Å². The second-order valence-electron chi connectivity index (χ2n) is 4.96. The average Bonchev–Trinajstić information content (AvgIpc) is 3.11. The van der Waals surface area contributed by atoms with Crippen molar-refractivity contribution in [1.82, 2.24) is 4.31 Å². The van der Waals surface area contributed by atoms with E-state index in [1.54, 1.807) is 18.2 Å². The molecule has 1 aromatic carbocycles. The van der Waals surface area contributed by atoms with Gasteiger partial charge < -0.3 is 0 Å². The number of halogens is 1. The van der Waals surface area contributed by atoms with Gasteiger partial charge in [0.05, 0.1) is 5.25 Å². The highest BCUT2D eigenvalue weighted by Gasteiger charge is 2.38. The summed E-state index contributed by atoms with van der Waals surface area (Å²) in [4.78, 5) is 0. The Kier molecular flexibility index (Phi) is 4.14. The molecule has 0 aliphatic heterocycles. The van der Waals surface area contributed by atoms with Gasteiger partial charge in [-0.1, -0.05) is 34.1 Å².